The van der Waals surface area contributed by atoms with Gasteiger partial charge in [-0.25, -0.2) is 9.37 Å². The molecule has 4 rings (SSSR count). The molecule has 0 atom stereocenters. The second-order valence-electron chi connectivity index (χ2n) is 5.48. The second-order valence-corrected chi connectivity index (χ2v) is 6.48. The number of hydrogen-bond acceptors (Lipinski definition) is 4. The fourth-order valence-corrected chi connectivity index (χ4v) is 3.96. The molecule has 2 N–H and O–H groups in total. The maximum Gasteiger partial charge on any atom is 0.205 e. The number of carbonyl (C=O) groups excluding carboxylic acids is 1. The molecule has 0 radical (unpaired) electrons. The molecule has 1 aromatic carbocycles. The number of pyridine rings is 1. The fourth-order valence-electron chi connectivity index (χ4n) is 2.90. The minimum atomic E-state index is -0.362. The van der Waals surface area contributed by atoms with Crippen LogP contribution in [0.4, 0.5) is 10.1 Å². The van der Waals surface area contributed by atoms with Gasteiger partial charge >= 0.3 is 0 Å². The first-order chi connectivity index (χ1) is 10.6. The van der Waals surface area contributed by atoms with Gasteiger partial charge in [-0.3, -0.25) is 4.79 Å². The maximum atomic E-state index is 13.0. The van der Waals surface area contributed by atoms with E-state index in [1.54, 1.807) is 0 Å². The van der Waals surface area contributed by atoms with Crippen LogP contribution in [0.2, 0.25) is 0 Å². The number of ketones is 1. The molecular formula is C17H13FN2OS. The van der Waals surface area contributed by atoms with E-state index in [-0.39, 0.29) is 11.6 Å². The van der Waals surface area contributed by atoms with Crippen LogP contribution < -0.4 is 5.73 Å². The van der Waals surface area contributed by atoms with E-state index >= 15 is 0 Å². The lowest BCUT2D eigenvalue weighted by Gasteiger charge is -2.00. The molecule has 0 spiro atoms. The normalized spacial score (nSPS) is 13.5. The first-order valence-corrected chi connectivity index (χ1v) is 7.96. The number of nitrogens with two attached hydrogens (primary N) is 1. The van der Waals surface area contributed by atoms with Crippen LogP contribution in [-0.2, 0) is 12.8 Å². The number of nitrogens with zero attached hydrogens (tertiary/aromatic N) is 1. The Bertz CT molecular complexity index is 899. The molecule has 1 aliphatic carbocycles. The Morgan fingerprint density at radius 3 is 2.77 bits per heavy atom. The van der Waals surface area contributed by atoms with Crippen LogP contribution in [0, 0.1) is 5.82 Å². The van der Waals surface area contributed by atoms with Crippen molar-refractivity contribution >= 4 is 33.0 Å². The zero-order valence-electron chi connectivity index (χ0n) is 11.7. The van der Waals surface area contributed by atoms with Crippen LogP contribution >= 0.6 is 11.3 Å². The highest BCUT2D eigenvalue weighted by Crippen LogP contribution is 2.36. The molecular weight excluding hydrogens is 299 g/mol. The average Bonchev–Trinajstić information content (AvgIpc) is 3.10. The average molecular weight is 312 g/mol. The Morgan fingerprint density at radius 1 is 1.23 bits per heavy atom. The molecule has 1 aliphatic rings. The lowest BCUT2D eigenvalue weighted by Crippen LogP contribution is -2.02. The number of benzene rings is 1. The topological polar surface area (TPSA) is 56.0 Å². The van der Waals surface area contributed by atoms with Crippen LogP contribution in [-0.4, -0.2) is 10.8 Å². The number of carbonyl (C=O) groups is 1. The van der Waals surface area contributed by atoms with E-state index in [0.717, 1.165) is 35.2 Å². The summed E-state index contributed by atoms with van der Waals surface area (Å²) in [6.07, 6.45) is 3.14. The third-order valence-electron chi connectivity index (χ3n) is 4.06. The van der Waals surface area contributed by atoms with E-state index in [9.17, 15) is 9.18 Å². The summed E-state index contributed by atoms with van der Waals surface area (Å²) >= 11 is 1.32. The zero-order valence-corrected chi connectivity index (χ0v) is 12.5. The van der Waals surface area contributed by atoms with Gasteiger partial charge < -0.3 is 5.73 Å². The van der Waals surface area contributed by atoms with Gasteiger partial charge in [-0.15, -0.1) is 11.3 Å². The SMILES string of the molecule is Nc1c(C(=O)c2ccc(F)cc2)sc2nc3c(cc12)CCC3. The third-order valence-corrected chi connectivity index (χ3v) is 5.18. The number of hydrogen-bond donors (Lipinski definition) is 1. The number of halogens is 1. The Morgan fingerprint density at radius 2 is 2.00 bits per heavy atom. The van der Waals surface area contributed by atoms with Gasteiger partial charge in [0.1, 0.15) is 15.5 Å². The fraction of sp³-hybridized carbons (Fsp3) is 0.176. The van der Waals surface area contributed by atoms with Gasteiger partial charge in [0.2, 0.25) is 5.78 Å². The quantitative estimate of drug-likeness (QED) is 0.733. The molecule has 0 bridgehead atoms. The summed E-state index contributed by atoms with van der Waals surface area (Å²) in [6.45, 7) is 0. The smallest absolute Gasteiger partial charge is 0.205 e. The van der Waals surface area contributed by atoms with Crippen molar-refractivity contribution in [1.82, 2.24) is 4.98 Å². The van der Waals surface area contributed by atoms with Gasteiger partial charge in [-0.05, 0) is 55.2 Å². The maximum absolute atomic E-state index is 13.0. The van der Waals surface area contributed by atoms with Crippen molar-refractivity contribution in [2.75, 3.05) is 5.73 Å². The number of fused-ring (bicyclic) bond motifs is 2. The van der Waals surface area contributed by atoms with Crippen LogP contribution in [0.5, 0.6) is 0 Å². The molecule has 2 aromatic heterocycles. The van der Waals surface area contributed by atoms with E-state index in [1.807, 2.05) is 0 Å². The summed E-state index contributed by atoms with van der Waals surface area (Å²) in [7, 11) is 0. The van der Waals surface area contributed by atoms with Gasteiger partial charge in [0.25, 0.3) is 0 Å². The first-order valence-electron chi connectivity index (χ1n) is 7.14. The van der Waals surface area contributed by atoms with Crippen molar-refractivity contribution in [3.63, 3.8) is 0 Å². The van der Waals surface area contributed by atoms with Crippen molar-refractivity contribution in [3.8, 4) is 0 Å². The molecule has 0 amide bonds. The number of nitrogen functional groups attached to an aromatic ring is 1. The molecule has 110 valence electrons. The van der Waals surface area contributed by atoms with E-state index < -0.39 is 0 Å². The highest BCUT2D eigenvalue weighted by atomic mass is 32.1. The lowest BCUT2D eigenvalue weighted by atomic mass is 10.1. The summed E-state index contributed by atoms with van der Waals surface area (Å²) in [5.41, 5.74) is 9.45. The number of aromatic nitrogens is 1. The number of anilines is 1. The summed E-state index contributed by atoms with van der Waals surface area (Å²) in [5, 5.41) is 0.858. The van der Waals surface area contributed by atoms with Gasteiger partial charge in [0.15, 0.2) is 0 Å². The monoisotopic (exact) mass is 312 g/mol. The van der Waals surface area contributed by atoms with Crippen molar-refractivity contribution in [2.45, 2.75) is 19.3 Å². The van der Waals surface area contributed by atoms with Crippen molar-refractivity contribution in [3.05, 3.63) is 57.8 Å². The summed E-state index contributed by atoms with van der Waals surface area (Å²) < 4.78 is 13.0. The number of thiophene rings is 1. The number of aryl methyl sites for hydroxylation is 2. The standard InChI is InChI=1S/C17H13FN2OS/c18-11-6-4-9(5-7-11)15(21)16-14(19)12-8-10-2-1-3-13(10)20-17(12)22-16/h4-8H,1-3,19H2. The third kappa shape index (κ3) is 2.01. The largest absolute Gasteiger partial charge is 0.397 e. The molecule has 5 heteroatoms. The minimum Gasteiger partial charge on any atom is -0.397 e. The van der Waals surface area contributed by atoms with Crippen LogP contribution in [0.3, 0.4) is 0 Å². The molecule has 22 heavy (non-hydrogen) atoms. The Kier molecular flexibility index (Phi) is 2.97. The van der Waals surface area contributed by atoms with Gasteiger partial charge in [-0.1, -0.05) is 0 Å². The van der Waals surface area contributed by atoms with Crippen LogP contribution in [0.25, 0.3) is 10.2 Å². The predicted octanol–water partition coefficient (Wildman–Crippen LogP) is 3.74. The Labute approximate surface area is 130 Å². The zero-order chi connectivity index (χ0) is 15.3. The van der Waals surface area contributed by atoms with E-state index in [0.29, 0.717) is 16.1 Å². The molecule has 0 aliphatic heterocycles. The summed E-state index contributed by atoms with van der Waals surface area (Å²) in [6, 6.07) is 7.59. The lowest BCUT2D eigenvalue weighted by molar-refractivity contribution is 0.104. The van der Waals surface area contributed by atoms with Crippen molar-refractivity contribution < 1.29 is 9.18 Å². The van der Waals surface area contributed by atoms with Crippen molar-refractivity contribution in [2.24, 2.45) is 0 Å². The van der Waals surface area contributed by atoms with Crippen LogP contribution in [0.1, 0.15) is 32.9 Å². The van der Waals surface area contributed by atoms with E-state index in [2.05, 4.69) is 11.1 Å². The molecule has 3 nitrogen and oxygen atoms in total. The van der Waals surface area contributed by atoms with E-state index in [4.69, 9.17) is 5.73 Å². The Hall–Kier alpha value is -2.27. The minimum absolute atomic E-state index is 0.180. The second kappa shape index (κ2) is 4.88. The molecule has 0 saturated heterocycles. The molecule has 0 saturated carbocycles. The molecule has 3 aromatic rings. The van der Waals surface area contributed by atoms with Gasteiger partial charge in [0.05, 0.1) is 5.69 Å². The van der Waals surface area contributed by atoms with Gasteiger partial charge in [0, 0.05) is 16.6 Å². The first kappa shape index (κ1) is 13.4. The summed E-state index contributed by atoms with van der Waals surface area (Å²) in [5.74, 6) is -0.542. The predicted molar refractivity (Wildman–Crippen MR) is 85.9 cm³/mol. The summed E-state index contributed by atoms with van der Waals surface area (Å²) in [4.78, 5) is 18.5. The van der Waals surface area contributed by atoms with Gasteiger partial charge in [-0.2, -0.15) is 0 Å². The highest BCUT2D eigenvalue weighted by molar-refractivity contribution is 7.21. The Balaban J connectivity index is 1.83. The highest BCUT2D eigenvalue weighted by Gasteiger charge is 2.21. The van der Waals surface area contributed by atoms with E-state index in [1.165, 1.54) is 41.2 Å². The number of rotatable bonds is 2. The molecule has 0 unspecified atom stereocenters. The molecule has 0 fully saturated rings. The molecule has 2 heterocycles. The van der Waals surface area contributed by atoms with Crippen molar-refractivity contribution in [1.29, 1.82) is 0 Å². The van der Waals surface area contributed by atoms with Crippen LogP contribution in [0.15, 0.2) is 30.3 Å².